The van der Waals surface area contributed by atoms with Crippen molar-refractivity contribution in [3.8, 4) is 0 Å². The first-order valence-corrected chi connectivity index (χ1v) is 6.10. The van der Waals surface area contributed by atoms with Crippen LogP contribution in [0.15, 0.2) is 18.2 Å². The van der Waals surface area contributed by atoms with Gasteiger partial charge < -0.3 is 10.6 Å². The average molecular weight is 254 g/mol. The van der Waals surface area contributed by atoms with Crippen molar-refractivity contribution in [2.24, 2.45) is 5.73 Å². The van der Waals surface area contributed by atoms with Crippen molar-refractivity contribution in [3.05, 3.63) is 35.4 Å². The Morgan fingerprint density at radius 3 is 2.72 bits per heavy atom. The van der Waals surface area contributed by atoms with Gasteiger partial charge in [-0.25, -0.2) is 8.78 Å². The second-order valence-electron chi connectivity index (χ2n) is 4.47. The summed E-state index contributed by atoms with van der Waals surface area (Å²) >= 11 is 0. The summed E-state index contributed by atoms with van der Waals surface area (Å²) in [5.41, 5.74) is 5.22. The Balaban J connectivity index is 2.19. The third-order valence-electron chi connectivity index (χ3n) is 3.03. The van der Waals surface area contributed by atoms with Crippen LogP contribution in [-0.2, 0) is 0 Å². The lowest BCUT2D eigenvalue weighted by Gasteiger charge is -2.22. The van der Waals surface area contributed by atoms with E-state index in [1.807, 2.05) is 0 Å². The summed E-state index contributed by atoms with van der Waals surface area (Å²) < 4.78 is 26.7. The molecular weight excluding hydrogens is 238 g/mol. The Morgan fingerprint density at radius 2 is 2.11 bits per heavy atom. The van der Waals surface area contributed by atoms with E-state index in [4.69, 9.17) is 5.73 Å². The van der Waals surface area contributed by atoms with Crippen molar-refractivity contribution in [3.63, 3.8) is 0 Å². The summed E-state index contributed by atoms with van der Waals surface area (Å²) in [5.74, 6) is -2.50. The zero-order chi connectivity index (χ0) is 13.1. The Kier molecular flexibility index (Phi) is 3.91. The normalized spacial score (nSPS) is 14.6. The lowest BCUT2D eigenvalue weighted by Crippen LogP contribution is -2.35. The van der Waals surface area contributed by atoms with Gasteiger partial charge in [-0.15, -0.1) is 0 Å². The lowest BCUT2D eigenvalue weighted by atomic mass is 10.1. The van der Waals surface area contributed by atoms with E-state index in [9.17, 15) is 13.6 Å². The van der Waals surface area contributed by atoms with Crippen LogP contribution in [0.5, 0.6) is 0 Å². The molecule has 0 atom stereocenters. The van der Waals surface area contributed by atoms with E-state index in [1.54, 1.807) is 4.90 Å². The Labute approximate surface area is 105 Å². The number of hydrogen-bond donors (Lipinski definition) is 1. The molecule has 1 aromatic carbocycles. The summed E-state index contributed by atoms with van der Waals surface area (Å²) in [6.45, 7) is 0.970. The maximum atomic E-state index is 13.6. The van der Waals surface area contributed by atoms with Crippen LogP contribution >= 0.6 is 0 Å². The first kappa shape index (κ1) is 13.0. The number of hydrogen-bond acceptors (Lipinski definition) is 2. The predicted octanol–water partition coefficient (Wildman–Crippen LogP) is 1.92. The van der Waals surface area contributed by atoms with E-state index >= 15 is 0 Å². The number of carbonyl (C=O) groups excluding carboxylic acids is 1. The van der Waals surface area contributed by atoms with Gasteiger partial charge in [-0.1, -0.05) is 6.07 Å². The molecule has 5 heteroatoms. The molecule has 1 fully saturated rings. The number of rotatable bonds is 5. The van der Waals surface area contributed by atoms with Gasteiger partial charge in [0.1, 0.15) is 0 Å². The number of carbonyl (C=O) groups is 1. The van der Waals surface area contributed by atoms with Gasteiger partial charge >= 0.3 is 0 Å². The number of amides is 1. The zero-order valence-corrected chi connectivity index (χ0v) is 10.0. The Bertz CT molecular complexity index is 447. The van der Waals surface area contributed by atoms with Gasteiger partial charge in [0.2, 0.25) is 0 Å². The third kappa shape index (κ3) is 2.67. The molecule has 0 saturated heterocycles. The van der Waals surface area contributed by atoms with Crippen molar-refractivity contribution in [1.82, 2.24) is 4.90 Å². The molecule has 98 valence electrons. The molecule has 1 aromatic rings. The molecule has 2 rings (SSSR count). The van der Waals surface area contributed by atoms with Crippen molar-refractivity contribution in [2.75, 3.05) is 13.1 Å². The molecule has 0 heterocycles. The SMILES string of the molecule is NCCCN(C(=O)c1cccc(F)c1F)C1CC1. The molecule has 0 bridgehead atoms. The Hall–Kier alpha value is -1.49. The molecular formula is C13H16F2N2O. The first-order chi connectivity index (χ1) is 8.65. The fourth-order valence-electron chi connectivity index (χ4n) is 1.92. The van der Waals surface area contributed by atoms with Crippen molar-refractivity contribution >= 4 is 5.91 Å². The van der Waals surface area contributed by atoms with Crippen LogP contribution < -0.4 is 5.73 Å². The minimum Gasteiger partial charge on any atom is -0.336 e. The largest absolute Gasteiger partial charge is 0.336 e. The van der Waals surface area contributed by atoms with Crippen LogP contribution in [0.25, 0.3) is 0 Å². The van der Waals surface area contributed by atoms with Gasteiger partial charge in [0.05, 0.1) is 5.56 Å². The minimum atomic E-state index is -1.07. The van der Waals surface area contributed by atoms with Crippen LogP contribution in [-0.4, -0.2) is 29.9 Å². The molecule has 0 unspecified atom stereocenters. The van der Waals surface area contributed by atoms with E-state index in [2.05, 4.69) is 0 Å². The van der Waals surface area contributed by atoms with Crippen LogP contribution in [0.3, 0.4) is 0 Å². The van der Waals surface area contributed by atoms with E-state index in [-0.39, 0.29) is 11.6 Å². The van der Waals surface area contributed by atoms with E-state index < -0.39 is 17.5 Å². The molecule has 1 saturated carbocycles. The van der Waals surface area contributed by atoms with E-state index in [1.165, 1.54) is 12.1 Å². The highest BCUT2D eigenvalue weighted by molar-refractivity contribution is 5.94. The predicted molar refractivity (Wildman–Crippen MR) is 64.1 cm³/mol. The summed E-state index contributed by atoms with van der Waals surface area (Å²) in [5, 5.41) is 0. The van der Waals surface area contributed by atoms with Gasteiger partial charge in [-0.05, 0) is 37.9 Å². The first-order valence-electron chi connectivity index (χ1n) is 6.10. The molecule has 18 heavy (non-hydrogen) atoms. The van der Waals surface area contributed by atoms with Crippen LogP contribution in [0.4, 0.5) is 8.78 Å². The van der Waals surface area contributed by atoms with Crippen LogP contribution in [0.2, 0.25) is 0 Å². The van der Waals surface area contributed by atoms with E-state index in [0.29, 0.717) is 19.5 Å². The summed E-state index contributed by atoms with van der Waals surface area (Å²) in [6, 6.07) is 3.83. The fourth-order valence-corrected chi connectivity index (χ4v) is 1.92. The monoisotopic (exact) mass is 254 g/mol. The highest BCUT2D eigenvalue weighted by atomic mass is 19.2. The second kappa shape index (κ2) is 5.44. The highest BCUT2D eigenvalue weighted by Gasteiger charge is 2.33. The standard InChI is InChI=1S/C13H16F2N2O/c14-11-4-1-3-10(12(11)15)13(18)17(8-2-7-16)9-5-6-9/h1,3-4,9H,2,5-8,16H2. The highest BCUT2D eigenvalue weighted by Crippen LogP contribution is 2.29. The maximum Gasteiger partial charge on any atom is 0.257 e. The molecule has 1 aliphatic rings. The number of nitrogens with two attached hydrogens (primary N) is 1. The maximum absolute atomic E-state index is 13.6. The average Bonchev–Trinajstić information content (AvgIpc) is 3.17. The van der Waals surface area contributed by atoms with Gasteiger partial charge in [0, 0.05) is 12.6 Å². The van der Waals surface area contributed by atoms with Gasteiger partial charge in [0.25, 0.3) is 5.91 Å². The Morgan fingerprint density at radius 1 is 1.39 bits per heavy atom. The second-order valence-corrected chi connectivity index (χ2v) is 4.47. The molecule has 0 aromatic heterocycles. The molecule has 0 radical (unpaired) electrons. The van der Waals surface area contributed by atoms with E-state index in [0.717, 1.165) is 18.9 Å². The summed E-state index contributed by atoms with van der Waals surface area (Å²) in [4.78, 5) is 13.8. The quantitative estimate of drug-likeness (QED) is 0.872. The van der Waals surface area contributed by atoms with Gasteiger partial charge in [-0.2, -0.15) is 0 Å². The zero-order valence-electron chi connectivity index (χ0n) is 10.0. The van der Waals surface area contributed by atoms with Crippen molar-refractivity contribution < 1.29 is 13.6 Å². The summed E-state index contributed by atoms with van der Waals surface area (Å²) in [6.07, 6.45) is 2.51. The number of nitrogens with zero attached hydrogens (tertiary/aromatic N) is 1. The minimum absolute atomic E-state index is 0.159. The van der Waals surface area contributed by atoms with Gasteiger partial charge in [0.15, 0.2) is 11.6 Å². The van der Waals surface area contributed by atoms with Crippen molar-refractivity contribution in [1.29, 1.82) is 0 Å². The summed E-state index contributed by atoms with van der Waals surface area (Å²) in [7, 11) is 0. The molecule has 0 aliphatic heterocycles. The van der Waals surface area contributed by atoms with Crippen LogP contribution in [0, 0.1) is 11.6 Å². The lowest BCUT2D eigenvalue weighted by molar-refractivity contribution is 0.0736. The third-order valence-corrected chi connectivity index (χ3v) is 3.03. The number of benzene rings is 1. The van der Waals surface area contributed by atoms with Crippen molar-refractivity contribution in [2.45, 2.75) is 25.3 Å². The molecule has 1 amide bonds. The smallest absolute Gasteiger partial charge is 0.257 e. The topological polar surface area (TPSA) is 46.3 Å². The molecule has 0 spiro atoms. The van der Waals surface area contributed by atoms with Gasteiger partial charge in [-0.3, -0.25) is 4.79 Å². The number of halogens is 2. The fraction of sp³-hybridized carbons (Fsp3) is 0.462. The molecule has 2 N–H and O–H groups in total. The van der Waals surface area contributed by atoms with Crippen LogP contribution in [0.1, 0.15) is 29.6 Å². The molecule has 3 nitrogen and oxygen atoms in total. The molecule has 1 aliphatic carbocycles.